The first-order chi connectivity index (χ1) is 9.58. The Morgan fingerprint density at radius 1 is 1.25 bits per heavy atom. The molecule has 0 spiro atoms. The summed E-state index contributed by atoms with van der Waals surface area (Å²) in [6.45, 7) is 0.419. The molecule has 0 saturated carbocycles. The van der Waals surface area contributed by atoms with Crippen LogP contribution in [0.15, 0.2) is 24.4 Å². The molecule has 0 aliphatic rings. The van der Waals surface area contributed by atoms with Crippen LogP contribution in [0.3, 0.4) is 0 Å². The molecular formula is C13H12ClF2N3O. The highest BCUT2D eigenvalue weighted by atomic mass is 35.5. The number of ether oxygens (including phenoxy) is 1. The lowest BCUT2D eigenvalue weighted by Gasteiger charge is -2.08. The molecule has 1 aromatic carbocycles. The highest BCUT2D eigenvalue weighted by molar-refractivity contribution is 6.32. The first kappa shape index (κ1) is 14.5. The number of nitrogens with one attached hydrogen (secondary N) is 1. The van der Waals surface area contributed by atoms with Gasteiger partial charge in [0, 0.05) is 12.6 Å². The molecular weight excluding hydrogens is 288 g/mol. The van der Waals surface area contributed by atoms with E-state index in [4.69, 9.17) is 16.3 Å². The third-order valence-electron chi connectivity index (χ3n) is 2.53. The van der Waals surface area contributed by atoms with Crippen LogP contribution in [-0.2, 0) is 6.42 Å². The smallest absolute Gasteiger partial charge is 0.318 e. The topological polar surface area (TPSA) is 47.0 Å². The Balaban J connectivity index is 1.99. The largest absolute Gasteiger partial charge is 0.467 e. The monoisotopic (exact) mass is 299 g/mol. The van der Waals surface area contributed by atoms with E-state index >= 15 is 0 Å². The van der Waals surface area contributed by atoms with Crippen molar-refractivity contribution in [2.24, 2.45) is 0 Å². The zero-order valence-corrected chi connectivity index (χ0v) is 11.4. The van der Waals surface area contributed by atoms with Gasteiger partial charge in [-0.05, 0) is 24.1 Å². The summed E-state index contributed by atoms with van der Waals surface area (Å²) in [6.07, 6.45) is 1.84. The van der Waals surface area contributed by atoms with Crippen LogP contribution in [0.1, 0.15) is 5.56 Å². The van der Waals surface area contributed by atoms with Crippen LogP contribution in [-0.4, -0.2) is 23.6 Å². The van der Waals surface area contributed by atoms with E-state index in [1.54, 1.807) is 0 Å². The summed E-state index contributed by atoms with van der Waals surface area (Å²) >= 11 is 5.92. The summed E-state index contributed by atoms with van der Waals surface area (Å²) < 4.78 is 30.9. The van der Waals surface area contributed by atoms with E-state index in [1.165, 1.54) is 25.4 Å². The fourth-order valence-corrected chi connectivity index (χ4v) is 1.81. The molecule has 1 heterocycles. The molecule has 0 fully saturated rings. The lowest BCUT2D eigenvalue weighted by molar-refractivity contribution is 0.380. The van der Waals surface area contributed by atoms with Gasteiger partial charge in [-0.3, -0.25) is 0 Å². The first-order valence-corrected chi connectivity index (χ1v) is 6.21. The molecule has 0 aliphatic heterocycles. The minimum Gasteiger partial charge on any atom is -0.467 e. The molecule has 0 atom stereocenters. The van der Waals surface area contributed by atoms with Gasteiger partial charge in [-0.15, -0.1) is 0 Å². The standard InChI is InChI=1S/C13H12ClF2N3O/c1-20-13-18-7-11(14)12(19-13)17-3-2-8-4-9(15)6-10(16)5-8/h4-7H,2-3H2,1H3,(H,17,18,19). The number of rotatable bonds is 5. The fraction of sp³-hybridized carbons (Fsp3) is 0.231. The first-order valence-electron chi connectivity index (χ1n) is 5.84. The normalized spacial score (nSPS) is 10.4. The van der Waals surface area contributed by atoms with Crippen molar-refractivity contribution in [1.29, 1.82) is 0 Å². The van der Waals surface area contributed by atoms with Crippen molar-refractivity contribution in [2.45, 2.75) is 6.42 Å². The Hall–Kier alpha value is -1.95. The lowest BCUT2D eigenvalue weighted by Crippen LogP contribution is -2.08. The average Bonchev–Trinajstić information content (AvgIpc) is 2.40. The number of hydrogen-bond acceptors (Lipinski definition) is 4. The summed E-state index contributed by atoms with van der Waals surface area (Å²) in [5.74, 6) is -0.779. The predicted octanol–water partition coefficient (Wildman–Crippen LogP) is 3.07. The van der Waals surface area contributed by atoms with Gasteiger partial charge in [0.05, 0.1) is 13.3 Å². The van der Waals surface area contributed by atoms with Gasteiger partial charge >= 0.3 is 6.01 Å². The van der Waals surface area contributed by atoms with Crippen molar-refractivity contribution in [2.75, 3.05) is 19.0 Å². The van der Waals surface area contributed by atoms with Gasteiger partial charge in [0.2, 0.25) is 0 Å². The molecule has 0 bridgehead atoms. The summed E-state index contributed by atoms with van der Waals surface area (Å²) in [6, 6.07) is 3.59. The number of aromatic nitrogens is 2. The molecule has 0 saturated heterocycles. The second-order valence-corrected chi connectivity index (χ2v) is 4.41. The molecule has 106 valence electrons. The summed E-state index contributed by atoms with van der Waals surface area (Å²) in [5, 5.41) is 3.31. The maximum absolute atomic E-state index is 13.0. The Morgan fingerprint density at radius 2 is 1.95 bits per heavy atom. The lowest BCUT2D eigenvalue weighted by atomic mass is 10.1. The van der Waals surface area contributed by atoms with Gasteiger partial charge in [-0.2, -0.15) is 4.98 Å². The van der Waals surface area contributed by atoms with Crippen molar-refractivity contribution in [3.05, 3.63) is 46.6 Å². The van der Waals surface area contributed by atoms with Crippen molar-refractivity contribution in [3.8, 4) is 6.01 Å². The Morgan fingerprint density at radius 3 is 2.60 bits per heavy atom. The molecule has 2 aromatic rings. The van der Waals surface area contributed by atoms with Crippen LogP contribution in [0, 0.1) is 11.6 Å². The second kappa shape index (κ2) is 6.47. The molecule has 0 aliphatic carbocycles. The summed E-state index contributed by atoms with van der Waals surface area (Å²) in [4.78, 5) is 7.87. The molecule has 4 nitrogen and oxygen atoms in total. The highest BCUT2D eigenvalue weighted by Crippen LogP contribution is 2.20. The van der Waals surface area contributed by atoms with Crippen LogP contribution < -0.4 is 10.1 Å². The SMILES string of the molecule is COc1ncc(Cl)c(NCCc2cc(F)cc(F)c2)n1. The molecule has 20 heavy (non-hydrogen) atoms. The molecule has 0 unspecified atom stereocenters. The number of benzene rings is 1. The Labute approximate surface area is 119 Å². The van der Waals surface area contributed by atoms with Gasteiger partial charge in [0.15, 0.2) is 5.82 Å². The zero-order valence-electron chi connectivity index (χ0n) is 10.7. The van der Waals surface area contributed by atoms with Crippen molar-refractivity contribution in [3.63, 3.8) is 0 Å². The van der Waals surface area contributed by atoms with E-state index < -0.39 is 11.6 Å². The van der Waals surface area contributed by atoms with Gasteiger partial charge in [-0.25, -0.2) is 13.8 Å². The maximum atomic E-state index is 13.0. The van der Waals surface area contributed by atoms with Crippen molar-refractivity contribution in [1.82, 2.24) is 9.97 Å². The predicted molar refractivity (Wildman–Crippen MR) is 72.1 cm³/mol. The number of anilines is 1. The van der Waals surface area contributed by atoms with Crippen LogP contribution in [0.25, 0.3) is 0 Å². The quantitative estimate of drug-likeness (QED) is 0.922. The average molecular weight is 300 g/mol. The van der Waals surface area contributed by atoms with E-state index in [-0.39, 0.29) is 6.01 Å². The van der Waals surface area contributed by atoms with Crippen LogP contribution in [0.4, 0.5) is 14.6 Å². The van der Waals surface area contributed by atoms with Crippen molar-refractivity contribution < 1.29 is 13.5 Å². The third kappa shape index (κ3) is 3.77. The molecule has 7 heteroatoms. The number of methoxy groups -OCH3 is 1. The van der Waals surface area contributed by atoms with E-state index in [0.29, 0.717) is 29.4 Å². The van der Waals surface area contributed by atoms with Gasteiger partial charge < -0.3 is 10.1 Å². The van der Waals surface area contributed by atoms with E-state index in [1.807, 2.05) is 0 Å². The number of halogens is 3. The van der Waals surface area contributed by atoms with Crippen molar-refractivity contribution >= 4 is 17.4 Å². The molecule has 0 radical (unpaired) electrons. The summed E-state index contributed by atoms with van der Waals surface area (Å²) in [7, 11) is 1.45. The van der Waals surface area contributed by atoms with Crippen LogP contribution in [0.2, 0.25) is 5.02 Å². The van der Waals surface area contributed by atoms with E-state index in [0.717, 1.165) is 6.07 Å². The van der Waals surface area contributed by atoms with Gasteiger partial charge in [0.1, 0.15) is 16.7 Å². The molecule has 1 N–H and O–H groups in total. The third-order valence-corrected chi connectivity index (χ3v) is 2.81. The molecule has 0 amide bonds. The van der Waals surface area contributed by atoms with Gasteiger partial charge in [0.25, 0.3) is 0 Å². The van der Waals surface area contributed by atoms with E-state index in [2.05, 4.69) is 15.3 Å². The minimum absolute atomic E-state index is 0.189. The van der Waals surface area contributed by atoms with Crippen LogP contribution >= 0.6 is 11.6 Å². The number of hydrogen-bond donors (Lipinski definition) is 1. The van der Waals surface area contributed by atoms with Gasteiger partial charge in [-0.1, -0.05) is 11.6 Å². The van der Waals surface area contributed by atoms with E-state index in [9.17, 15) is 8.78 Å². The fourth-order valence-electron chi connectivity index (χ4n) is 1.65. The summed E-state index contributed by atoms with van der Waals surface area (Å²) in [5.41, 5.74) is 0.548. The Bertz CT molecular complexity index is 590. The number of nitrogens with zero attached hydrogens (tertiary/aromatic N) is 2. The molecule has 1 aromatic heterocycles. The van der Waals surface area contributed by atoms with Crippen LogP contribution in [0.5, 0.6) is 6.01 Å². The minimum atomic E-state index is -0.596. The highest BCUT2D eigenvalue weighted by Gasteiger charge is 2.06. The maximum Gasteiger partial charge on any atom is 0.318 e. The Kier molecular flexibility index (Phi) is 4.68. The molecule has 2 rings (SSSR count). The second-order valence-electron chi connectivity index (χ2n) is 4.01. The zero-order chi connectivity index (χ0) is 14.5.